The Morgan fingerprint density at radius 1 is 0.419 bits per heavy atom. The van der Waals surface area contributed by atoms with E-state index < -0.39 is 148 Å². The Balaban J connectivity index is 0.982. The van der Waals surface area contributed by atoms with Crippen molar-refractivity contribution in [2.24, 2.45) is 0 Å². The summed E-state index contributed by atoms with van der Waals surface area (Å²) in [5, 5.41) is 73.1. The van der Waals surface area contributed by atoms with Crippen LogP contribution in [0.15, 0.2) is 176 Å². The first kappa shape index (κ1) is 68.8. The van der Waals surface area contributed by atoms with Gasteiger partial charge < -0.3 is 110 Å². The van der Waals surface area contributed by atoms with Gasteiger partial charge in [-0.1, -0.05) is 176 Å². The van der Waals surface area contributed by atoms with E-state index in [1.807, 2.05) is 18.2 Å². The Kier molecular flexibility index (Phi) is 26.2. The minimum Gasteiger partial charge on any atom is -0.445 e. The van der Waals surface area contributed by atoms with E-state index in [4.69, 9.17) is 52.1 Å². The predicted molar refractivity (Wildman–Crippen MR) is 327 cm³/mol. The molecule has 0 aromatic heterocycles. The highest BCUT2D eigenvalue weighted by atomic mass is 16.8. The number of amides is 5. The Bertz CT molecular complexity index is 3160. The number of rotatable bonds is 28. The molecule has 0 spiro atoms. The minimum atomic E-state index is -1.88. The summed E-state index contributed by atoms with van der Waals surface area (Å²) in [5.74, 6) is 0. The summed E-state index contributed by atoms with van der Waals surface area (Å²) in [6.07, 6.45) is -15.1. The Morgan fingerprint density at radius 3 is 1.17 bits per heavy atom. The summed E-state index contributed by atoms with van der Waals surface area (Å²) in [5.41, 5.74) is 3.51. The highest BCUT2D eigenvalue weighted by Crippen LogP contribution is 2.35. The van der Waals surface area contributed by atoms with Crippen molar-refractivity contribution < 1.29 is 102 Å². The second-order valence-electron chi connectivity index (χ2n) is 22.1. The molecule has 5 aromatic carbocycles. The zero-order valence-electron chi connectivity index (χ0n) is 50.5. The van der Waals surface area contributed by atoms with Crippen LogP contribution in [0.1, 0.15) is 34.2 Å². The first-order chi connectivity index (χ1) is 45.3. The second-order valence-corrected chi connectivity index (χ2v) is 22.1. The van der Waals surface area contributed by atoms with Crippen molar-refractivity contribution in [2.45, 2.75) is 137 Å². The van der Waals surface area contributed by atoms with E-state index in [-0.39, 0.29) is 52.5 Å². The highest BCUT2D eigenvalue weighted by molar-refractivity contribution is 5.69. The van der Waals surface area contributed by atoms with Gasteiger partial charge in [-0.15, -0.1) is 0 Å². The van der Waals surface area contributed by atoms with Crippen molar-refractivity contribution in [1.29, 1.82) is 0 Å². The van der Waals surface area contributed by atoms with E-state index in [1.165, 1.54) is 12.2 Å². The summed E-state index contributed by atoms with van der Waals surface area (Å²) in [4.78, 5) is 67.0. The number of alkyl carbamates (subject to hydrolysis) is 5. The van der Waals surface area contributed by atoms with E-state index in [1.54, 1.807) is 146 Å². The van der Waals surface area contributed by atoms with Crippen LogP contribution in [0.4, 0.5) is 24.0 Å². The lowest BCUT2D eigenvalue weighted by Crippen LogP contribution is -2.68. The van der Waals surface area contributed by atoms with Gasteiger partial charge in [0, 0.05) is 6.04 Å². The number of benzene rings is 5. The smallest absolute Gasteiger partial charge is 0.408 e. The van der Waals surface area contributed by atoms with E-state index in [9.17, 15) is 49.5 Å². The van der Waals surface area contributed by atoms with Gasteiger partial charge in [-0.25, -0.2) is 24.0 Å². The minimum absolute atomic E-state index is 0.0162. The van der Waals surface area contributed by atoms with Gasteiger partial charge in [0.15, 0.2) is 18.9 Å². The fourth-order valence-corrected chi connectivity index (χ4v) is 10.5. The molecule has 9 rings (SSSR count). The van der Waals surface area contributed by atoms with Gasteiger partial charge in [0.05, 0.1) is 63.3 Å². The van der Waals surface area contributed by atoms with E-state index >= 15 is 0 Å². The molecule has 5 amide bonds. The van der Waals surface area contributed by atoms with Crippen molar-refractivity contribution in [1.82, 2.24) is 31.9 Å². The molecule has 498 valence electrons. The number of carbonyl (C=O) groups excluding carboxylic acids is 5. The van der Waals surface area contributed by atoms with E-state index in [0.29, 0.717) is 16.7 Å². The molecule has 5 aromatic rings. The fourth-order valence-electron chi connectivity index (χ4n) is 10.5. The van der Waals surface area contributed by atoms with Crippen molar-refractivity contribution in [2.75, 3.05) is 32.9 Å². The predicted octanol–water partition coefficient (Wildman–Crippen LogP) is 3.60. The van der Waals surface area contributed by atoms with Gasteiger partial charge in [0.1, 0.15) is 75.6 Å². The normalized spacial score (nSPS) is 26.5. The number of aliphatic hydroxyl groups is 5. The number of hydrogen-bond acceptors (Lipinski definition) is 22. The standard InChI is InChI=1S/C66H78N6O21/c73-33-46(34-74)69-51-30-52(72-66(82)87-40-45-24-14-5-15-25-45)56(91-59-49(70-64(80)85-38-43-20-10-3-11-21-43)28-26-47(88-59)31-67-62(78)83-36-41-16-6-1-7-17-41)58(54(51)76)93-61-55(77)57(53(35-75)90-61)92-60-50(71-65(81)86-39-44-22-12-4-13-23-44)29-27-48(89-60)32-68-63(79)84-37-42-18-8-2-9-19-42/h1-29,46-61,69,73-77H,30-40H2,(H,67,78)(H,68,79)(H,70,80)(H,71,81)(H,72,82)/t47-,48+,49+,50+,51+,52-,53+,54-,55+,56+,57+,58+,59+,60+,61-/m0/s1. The first-order valence-electron chi connectivity index (χ1n) is 30.4. The molecule has 1 saturated carbocycles. The lowest BCUT2D eigenvalue weighted by molar-refractivity contribution is -0.283. The molecule has 1 saturated heterocycles. The molecule has 27 nitrogen and oxygen atoms in total. The average Bonchev–Trinajstić information content (AvgIpc) is 1.75. The van der Waals surface area contributed by atoms with Crippen LogP contribution in [-0.2, 0) is 85.1 Å². The van der Waals surface area contributed by atoms with Crippen LogP contribution in [0.2, 0.25) is 0 Å². The molecular weight excluding hydrogens is 1210 g/mol. The topological polar surface area (TPSA) is 360 Å². The SMILES string of the molecule is O=C(NC[C@H]1C=C[C@@H](NC(=O)OCc2ccccc2)[C@@H](O[C@H]2[C@@H](O)[C@H](O[C@@H]3[C@@H](O)[C@H](NC(CO)CO)C[C@H](NC(=O)OCc4ccccc4)[C@H]3O[C@H]3O[C@H](CNC(=O)OCc4ccccc4)C=C[C@H]3NC(=O)OCc3ccccc3)O[C@@H]2CO)O1)OCc1ccccc1. The maximum atomic E-state index is 14.0. The Morgan fingerprint density at radius 2 is 0.785 bits per heavy atom. The molecule has 3 heterocycles. The maximum Gasteiger partial charge on any atom is 0.408 e. The molecule has 1 aliphatic carbocycles. The van der Waals surface area contributed by atoms with E-state index in [2.05, 4.69) is 31.9 Å². The number of hydrogen-bond donors (Lipinski definition) is 11. The zero-order chi connectivity index (χ0) is 65.3. The Hall–Kier alpha value is -8.55. The first-order valence-corrected chi connectivity index (χ1v) is 30.4. The van der Waals surface area contributed by atoms with Crippen LogP contribution < -0.4 is 31.9 Å². The summed E-state index contributed by atoms with van der Waals surface area (Å²) in [7, 11) is 0. The summed E-state index contributed by atoms with van der Waals surface area (Å²) >= 11 is 0. The van der Waals surface area contributed by atoms with Crippen molar-refractivity contribution in [3.8, 4) is 0 Å². The number of nitrogens with one attached hydrogen (secondary N) is 6. The maximum absolute atomic E-state index is 14.0. The third kappa shape index (κ3) is 21.0. The van der Waals surface area contributed by atoms with E-state index in [0.717, 1.165) is 11.1 Å². The molecule has 0 bridgehead atoms. The summed E-state index contributed by atoms with van der Waals surface area (Å²) < 4.78 is 66.5. The molecule has 93 heavy (non-hydrogen) atoms. The third-order valence-corrected chi connectivity index (χ3v) is 15.3. The lowest BCUT2D eigenvalue weighted by Gasteiger charge is -2.48. The number of carbonyl (C=O) groups is 5. The molecule has 11 N–H and O–H groups in total. The van der Waals surface area contributed by atoms with Crippen LogP contribution >= 0.6 is 0 Å². The molecule has 15 atom stereocenters. The monoisotopic (exact) mass is 1290 g/mol. The molecule has 4 aliphatic rings. The quantitative estimate of drug-likeness (QED) is 0.0252. The number of aliphatic hydroxyl groups excluding tert-OH is 5. The van der Waals surface area contributed by atoms with Crippen LogP contribution in [0.3, 0.4) is 0 Å². The lowest BCUT2D eigenvalue weighted by atomic mass is 9.83. The molecule has 27 heteroatoms. The molecular formula is C66H78N6O21. The zero-order valence-corrected chi connectivity index (χ0v) is 50.5. The van der Waals surface area contributed by atoms with Gasteiger partial charge in [-0.05, 0) is 34.2 Å². The van der Waals surface area contributed by atoms with Crippen LogP contribution in [0.5, 0.6) is 0 Å². The second kappa shape index (κ2) is 35.5. The van der Waals surface area contributed by atoms with Gasteiger partial charge in [-0.3, -0.25) is 0 Å². The van der Waals surface area contributed by atoms with Gasteiger partial charge in [0.2, 0.25) is 0 Å². The highest BCUT2D eigenvalue weighted by Gasteiger charge is 2.54. The molecule has 3 aliphatic heterocycles. The van der Waals surface area contributed by atoms with Crippen molar-refractivity contribution in [3.05, 3.63) is 204 Å². The third-order valence-electron chi connectivity index (χ3n) is 15.3. The molecule has 2 fully saturated rings. The summed E-state index contributed by atoms with van der Waals surface area (Å²) in [6, 6.07) is 38.8. The fraction of sp³-hybridized carbons (Fsp3) is 0.409. The average molecular weight is 1290 g/mol. The van der Waals surface area contributed by atoms with Gasteiger partial charge >= 0.3 is 30.5 Å². The van der Waals surface area contributed by atoms with Crippen molar-refractivity contribution in [3.63, 3.8) is 0 Å². The van der Waals surface area contributed by atoms with Gasteiger partial charge in [0.25, 0.3) is 0 Å². The van der Waals surface area contributed by atoms with Crippen LogP contribution in [-0.4, -0.2) is 187 Å². The number of ether oxygens (including phenoxy) is 11. The summed E-state index contributed by atoms with van der Waals surface area (Å²) in [6.45, 7) is -2.83. The van der Waals surface area contributed by atoms with Gasteiger partial charge in [-0.2, -0.15) is 0 Å². The van der Waals surface area contributed by atoms with Crippen molar-refractivity contribution >= 4 is 30.5 Å². The molecule has 0 radical (unpaired) electrons. The molecule has 0 unspecified atom stereocenters. The largest absolute Gasteiger partial charge is 0.445 e. The van der Waals surface area contributed by atoms with Crippen LogP contribution in [0.25, 0.3) is 0 Å². The Labute approximate surface area is 536 Å². The van der Waals surface area contributed by atoms with Crippen LogP contribution in [0, 0.1) is 0 Å².